The molecular weight excluding hydrogens is 238 g/mol. The highest BCUT2D eigenvalue weighted by atomic mass is 35.5. The van der Waals surface area contributed by atoms with Gasteiger partial charge in [-0.25, -0.2) is 4.68 Å². The van der Waals surface area contributed by atoms with Crippen LogP contribution in [0, 0.1) is 5.92 Å². The van der Waals surface area contributed by atoms with Gasteiger partial charge in [-0.3, -0.25) is 4.79 Å². The second-order valence-electron chi connectivity index (χ2n) is 4.87. The summed E-state index contributed by atoms with van der Waals surface area (Å²) in [5, 5.41) is 7.66. The molecule has 1 aromatic heterocycles. The highest BCUT2D eigenvalue weighted by Gasteiger charge is 2.35. The maximum absolute atomic E-state index is 11.9. The van der Waals surface area contributed by atoms with Crippen LogP contribution in [0.3, 0.4) is 0 Å². The second kappa shape index (κ2) is 4.69. The molecule has 0 aliphatic heterocycles. The molecule has 1 aliphatic rings. The van der Waals surface area contributed by atoms with E-state index in [9.17, 15) is 4.79 Å². The normalized spacial score (nSPS) is 22.9. The summed E-state index contributed by atoms with van der Waals surface area (Å²) in [7, 11) is 0. The van der Waals surface area contributed by atoms with Gasteiger partial charge in [0.15, 0.2) is 0 Å². The van der Waals surface area contributed by atoms with Gasteiger partial charge in [0.2, 0.25) is 0 Å². The van der Waals surface area contributed by atoms with E-state index in [0.29, 0.717) is 17.6 Å². The first-order valence-electron chi connectivity index (χ1n) is 6.08. The van der Waals surface area contributed by atoms with Crippen LogP contribution in [0.25, 0.3) is 0 Å². The number of hydrogen-bond acceptors (Lipinski definition) is 3. The molecule has 0 aromatic carbocycles. The van der Waals surface area contributed by atoms with Crippen molar-refractivity contribution in [2.24, 2.45) is 5.92 Å². The van der Waals surface area contributed by atoms with E-state index in [2.05, 4.69) is 17.3 Å². The highest BCUT2D eigenvalue weighted by Crippen LogP contribution is 2.36. The van der Waals surface area contributed by atoms with Crippen LogP contribution >= 0.6 is 11.6 Å². The van der Waals surface area contributed by atoms with Crippen LogP contribution in [0.2, 0.25) is 5.02 Å². The Morgan fingerprint density at radius 3 is 2.88 bits per heavy atom. The van der Waals surface area contributed by atoms with Gasteiger partial charge in [-0.15, -0.1) is 0 Å². The molecular formula is C12H18ClN3O. The maximum Gasteiger partial charge on any atom is 0.287 e. The van der Waals surface area contributed by atoms with Crippen molar-refractivity contribution < 1.29 is 0 Å². The number of nitrogens with zero attached hydrogens (tertiary/aromatic N) is 2. The van der Waals surface area contributed by atoms with E-state index >= 15 is 0 Å². The summed E-state index contributed by atoms with van der Waals surface area (Å²) in [6.07, 6.45) is 3.96. The van der Waals surface area contributed by atoms with E-state index in [-0.39, 0.29) is 16.6 Å². The summed E-state index contributed by atoms with van der Waals surface area (Å²) in [6, 6.07) is 0.479. The van der Waals surface area contributed by atoms with E-state index in [0.717, 1.165) is 12.8 Å². The fraction of sp³-hybridized carbons (Fsp3) is 0.667. The number of anilines is 1. The molecule has 1 heterocycles. The molecule has 4 nitrogen and oxygen atoms in total. The van der Waals surface area contributed by atoms with E-state index in [1.54, 1.807) is 6.20 Å². The van der Waals surface area contributed by atoms with E-state index in [1.165, 1.54) is 4.68 Å². The van der Waals surface area contributed by atoms with Gasteiger partial charge in [-0.1, -0.05) is 24.9 Å². The van der Waals surface area contributed by atoms with Crippen molar-refractivity contribution in [2.75, 3.05) is 5.32 Å². The number of aromatic nitrogens is 2. The van der Waals surface area contributed by atoms with Crippen LogP contribution in [-0.4, -0.2) is 15.8 Å². The average molecular weight is 256 g/mol. The van der Waals surface area contributed by atoms with Crippen molar-refractivity contribution in [1.82, 2.24) is 9.78 Å². The standard InChI is InChI=1S/C12H18ClN3O/c1-4-8-5-9(8)15-10-6-14-16(7(2)3)12(17)11(10)13/h6-9,15H,4-5H2,1-3H3. The van der Waals surface area contributed by atoms with Gasteiger partial charge in [-0.05, 0) is 26.2 Å². The molecule has 2 rings (SSSR count). The Morgan fingerprint density at radius 1 is 1.65 bits per heavy atom. The van der Waals surface area contributed by atoms with Gasteiger partial charge in [0, 0.05) is 6.04 Å². The lowest BCUT2D eigenvalue weighted by Crippen LogP contribution is -2.26. The topological polar surface area (TPSA) is 46.9 Å². The van der Waals surface area contributed by atoms with Gasteiger partial charge >= 0.3 is 0 Å². The first-order chi connectivity index (χ1) is 8.04. The number of halogens is 1. The minimum atomic E-state index is -0.222. The average Bonchev–Trinajstić information content (AvgIpc) is 3.03. The van der Waals surface area contributed by atoms with Crippen molar-refractivity contribution in [1.29, 1.82) is 0 Å². The Labute approximate surface area is 106 Å². The molecule has 0 bridgehead atoms. The fourth-order valence-corrected chi connectivity index (χ4v) is 2.18. The highest BCUT2D eigenvalue weighted by molar-refractivity contribution is 6.32. The van der Waals surface area contributed by atoms with E-state index < -0.39 is 0 Å². The summed E-state index contributed by atoms with van der Waals surface area (Å²) in [6.45, 7) is 5.99. The number of nitrogens with one attached hydrogen (secondary N) is 1. The Balaban J connectivity index is 2.20. The minimum Gasteiger partial charge on any atom is -0.379 e. The Kier molecular flexibility index (Phi) is 3.43. The lowest BCUT2D eigenvalue weighted by molar-refractivity contribution is 0.503. The fourth-order valence-electron chi connectivity index (χ4n) is 1.99. The second-order valence-corrected chi connectivity index (χ2v) is 5.25. The molecule has 17 heavy (non-hydrogen) atoms. The molecule has 1 aliphatic carbocycles. The summed E-state index contributed by atoms with van der Waals surface area (Å²) in [4.78, 5) is 11.9. The number of rotatable bonds is 4. The van der Waals surface area contributed by atoms with E-state index in [1.807, 2.05) is 13.8 Å². The molecule has 2 atom stereocenters. The van der Waals surface area contributed by atoms with Gasteiger partial charge in [0.25, 0.3) is 5.56 Å². The molecule has 2 unspecified atom stereocenters. The zero-order chi connectivity index (χ0) is 12.6. The molecule has 0 spiro atoms. The molecule has 0 radical (unpaired) electrons. The summed E-state index contributed by atoms with van der Waals surface area (Å²) in [5.74, 6) is 0.707. The van der Waals surface area contributed by atoms with Crippen molar-refractivity contribution in [3.8, 4) is 0 Å². The number of hydrogen-bond donors (Lipinski definition) is 1. The zero-order valence-electron chi connectivity index (χ0n) is 10.4. The Morgan fingerprint density at radius 2 is 2.35 bits per heavy atom. The van der Waals surface area contributed by atoms with Crippen LogP contribution < -0.4 is 10.9 Å². The Bertz CT molecular complexity index is 469. The molecule has 5 heteroatoms. The van der Waals surface area contributed by atoms with Crippen LogP contribution in [-0.2, 0) is 0 Å². The molecule has 1 N–H and O–H groups in total. The first kappa shape index (κ1) is 12.4. The van der Waals surface area contributed by atoms with Crippen LogP contribution in [0.1, 0.15) is 39.7 Å². The van der Waals surface area contributed by atoms with Gasteiger partial charge < -0.3 is 5.32 Å². The van der Waals surface area contributed by atoms with Crippen LogP contribution in [0.15, 0.2) is 11.0 Å². The maximum atomic E-state index is 11.9. The van der Waals surface area contributed by atoms with Crippen molar-refractivity contribution >= 4 is 17.3 Å². The van der Waals surface area contributed by atoms with Crippen LogP contribution in [0.5, 0.6) is 0 Å². The predicted octanol–water partition coefficient (Wildman–Crippen LogP) is 2.69. The Hall–Kier alpha value is -1.03. The molecule has 1 saturated carbocycles. The quantitative estimate of drug-likeness (QED) is 0.900. The first-order valence-corrected chi connectivity index (χ1v) is 6.46. The third-order valence-electron chi connectivity index (χ3n) is 3.22. The monoisotopic (exact) mass is 255 g/mol. The SMILES string of the molecule is CCC1CC1Nc1cnn(C(C)C)c(=O)c1Cl. The van der Waals surface area contributed by atoms with Gasteiger partial charge in [0.05, 0.1) is 17.9 Å². The van der Waals surface area contributed by atoms with Gasteiger partial charge in [-0.2, -0.15) is 5.10 Å². The molecule has 0 saturated heterocycles. The van der Waals surface area contributed by atoms with Crippen LogP contribution in [0.4, 0.5) is 5.69 Å². The molecule has 1 aromatic rings. The van der Waals surface area contributed by atoms with Crippen molar-refractivity contribution in [2.45, 2.75) is 45.7 Å². The summed E-state index contributed by atoms with van der Waals surface area (Å²) in [5.41, 5.74) is 0.440. The molecule has 94 valence electrons. The lowest BCUT2D eigenvalue weighted by atomic mass is 10.3. The van der Waals surface area contributed by atoms with Gasteiger partial charge in [0.1, 0.15) is 5.02 Å². The molecule has 1 fully saturated rings. The third kappa shape index (κ3) is 2.46. The largest absolute Gasteiger partial charge is 0.379 e. The zero-order valence-corrected chi connectivity index (χ0v) is 11.2. The summed E-state index contributed by atoms with van der Waals surface area (Å²) < 4.78 is 1.40. The smallest absolute Gasteiger partial charge is 0.287 e. The molecule has 0 amide bonds. The minimum absolute atomic E-state index is 0.0263. The van der Waals surface area contributed by atoms with Crippen molar-refractivity contribution in [3.05, 3.63) is 21.6 Å². The third-order valence-corrected chi connectivity index (χ3v) is 3.59. The van der Waals surface area contributed by atoms with Crippen molar-refractivity contribution in [3.63, 3.8) is 0 Å². The lowest BCUT2D eigenvalue weighted by Gasteiger charge is -2.12. The van der Waals surface area contributed by atoms with E-state index in [4.69, 9.17) is 11.6 Å². The predicted molar refractivity (Wildman–Crippen MR) is 69.7 cm³/mol. The summed E-state index contributed by atoms with van der Waals surface area (Å²) >= 11 is 6.07.